The number of hydrogen-bond acceptors (Lipinski definition) is 6. The monoisotopic (exact) mass is 431 g/mol. The number of hydrogen-bond donors (Lipinski definition) is 2. The Labute approximate surface area is 186 Å². The molecule has 0 spiro atoms. The average Bonchev–Trinajstić information content (AvgIpc) is 3.25. The number of nitrogens with zero attached hydrogens (tertiary/aromatic N) is 3. The fourth-order valence-corrected chi connectivity index (χ4v) is 3.56. The lowest BCUT2D eigenvalue weighted by molar-refractivity contribution is 0.295. The summed E-state index contributed by atoms with van der Waals surface area (Å²) in [6, 6.07) is 8.14. The van der Waals surface area contributed by atoms with Crippen LogP contribution in [0.15, 0.2) is 33.8 Å². The average molecular weight is 432 g/mol. The lowest BCUT2D eigenvalue weighted by atomic mass is 9.99. The van der Waals surface area contributed by atoms with E-state index in [0.717, 1.165) is 29.9 Å². The van der Waals surface area contributed by atoms with Crippen molar-refractivity contribution in [3.8, 4) is 11.5 Å². The van der Waals surface area contributed by atoms with E-state index in [1.807, 2.05) is 32.3 Å². The number of methoxy groups -OCH3 is 2. The number of guanidine groups is 1. The molecule has 1 heterocycles. The zero-order valence-corrected chi connectivity index (χ0v) is 19.9. The summed E-state index contributed by atoms with van der Waals surface area (Å²) in [5.41, 5.74) is 2.14. The van der Waals surface area contributed by atoms with Gasteiger partial charge in [-0.25, -0.2) is 0 Å². The van der Waals surface area contributed by atoms with Crippen LogP contribution in [0, 0.1) is 0 Å². The van der Waals surface area contributed by atoms with Crippen LogP contribution in [0.25, 0.3) is 0 Å². The molecule has 0 aliphatic carbocycles. The Morgan fingerprint density at radius 2 is 1.81 bits per heavy atom. The number of aliphatic imine (C=N–C) groups is 1. The second-order valence-electron chi connectivity index (χ2n) is 7.63. The van der Waals surface area contributed by atoms with Gasteiger partial charge in [-0.3, -0.25) is 4.99 Å². The highest BCUT2D eigenvalue weighted by molar-refractivity contribution is 5.79. The van der Waals surface area contributed by atoms with Crippen LogP contribution in [0.1, 0.15) is 55.7 Å². The normalized spacial score (nSPS) is 12.9. The summed E-state index contributed by atoms with van der Waals surface area (Å²) in [5, 5.41) is 10.9. The molecule has 0 saturated carbocycles. The second kappa shape index (κ2) is 12.2. The van der Waals surface area contributed by atoms with Gasteiger partial charge >= 0.3 is 0 Å². The third-order valence-electron chi connectivity index (χ3n) is 5.51. The molecule has 1 atom stereocenters. The van der Waals surface area contributed by atoms with Crippen molar-refractivity contribution >= 4 is 5.96 Å². The summed E-state index contributed by atoms with van der Waals surface area (Å²) in [7, 11) is 9.14. The van der Waals surface area contributed by atoms with Crippen LogP contribution in [0.3, 0.4) is 0 Å². The van der Waals surface area contributed by atoms with Crippen LogP contribution in [0.2, 0.25) is 0 Å². The molecule has 0 radical (unpaired) electrons. The standard InChI is InChI=1S/C23H37N5O3/c1-8-16(9-2)19-13-18(31-27-19)14-25-23(24-3)26-15-20(28(4)5)17-10-11-21(29-6)22(12-17)30-7/h10-13,16,20H,8-9,14-15H2,1-7H3,(H2,24,25,26). The maximum Gasteiger partial charge on any atom is 0.191 e. The molecule has 2 rings (SSSR count). The van der Waals surface area contributed by atoms with E-state index in [1.165, 1.54) is 0 Å². The van der Waals surface area contributed by atoms with Gasteiger partial charge in [0.2, 0.25) is 0 Å². The van der Waals surface area contributed by atoms with Gasteiger partial charge in [-0.2, -0.15) is 0 Å². The van der Waals surface area contributed by atoms with Crippen LogP contribution in [-0.2, 0) is 6.54 Å². The Morgan fingerprint density at radius 3 is 2.39 bits per heavy atom. The van der Waals surface area contributed by atoms with Crippen molar-refractivity contribution in [3.05, 3.63) is 41.3 Å². The molecule has 31 heavy (non-hydrogen) atoms. The Balaban J connectivity index is 1.99. The molecule has 1 unspecified atom stereocenters. The number of nitrogens with one attached hydrogen (secondary N) is 2. The number of ether oxygens (including phenoxy) is 2. The van der Waals surface area contributed by atoms with Crippen molar-refractivity contribution in [2.75, 3.05) is 41.9 Å². The molecular weight excluding hydrogens is 394 g/mol. The van der Waals surface area contributed by atoms with E-state index in [9.17, 15) is 0 Å². The van der Waals surface area contributed by atoms with Gasteiger partial charge in [-0.15, -0.1) is 0 Å². The summed E-state index contributed by atoms with van der Waals surface area (Å²) in [6.45, 7) is 5.53. The topological polar surface area (TPSA) is 84.2 Å². The highest BCUT2D eigenvalue weighted by Crippen LogP contribution is 2.31. The molecule has 172 valence electrons. The first-order chi connectivity index (χ1) is 15.0. The minimum Gasteiger partial charge on any atom is -0.493 e. The third-order valence-corrected chi connectivity index (χ3v) is 5.51. The van der Waals surface area contributed by atoms with Crippen LogP contribution in [0.5, 0.6) is 11.5 Å². The van der Waals surface area contributed by atoms with E-state index in [-0.39, 0.29) is 6.04 Å². The molecule has 1 aromatic heterocycles. The second-order valence-corrected chi connectivity index (χ2v) is 7.63. The molecular formula is C23H37N5O3. The number of benzene rings is 1. The minimum atomic E-state index is 0.116. The summed E-state index contributed by atoms with van der Waals surface area (Å²) in [4.78, 5) is 6.49. The van der Waals surface area contributed by atoms with Crippen LogP contribution >= 0.6 is 0 Å². The van der Waals surface area contributed by atoms with Gasteiger partial charge in [0.25, 0.3) is 0 Å². The summed E-state index contributed by atoms with van der Waals surface area (Å²) in [6.07, 6.45) is 2.11. The van der Waals surface area contributed by atoms with Crippen molar-refractivity contribution in [2.45, 2.75) is 45.2 Å². The van der Waals surface area contributed by atoms with Crippen molar-refractivity contribution in [1.29, 1.82) is 0 Å². The number of aromatic nitrogens is 1. The van der Waals surface area contributed by atoms with Gasteiger partial charge in [0, 0.05) is 25.6 Å². The Bertz CT molecular complexity index is 830. The first-order valence-electron chi connectivity index (χ1n) is 10.8. The van der Waals surface area contributed by atoms with Gasteiger partial charge in [-0.1, -0.05) is 25.1 Å². The molecule has 0 bridgehead atoms. The Hall–Kier alpha value is -2.74. The minimum absolute atomic E-state index is 0.116. The van der Waals surface area contributed by atoms with Gasteiger partial charge in [-0.05, 0) is 44.6 Å². The van der Waals surface area contributed by atoms with E-state index in [0.29, 0.717) is 36.5 Å². The maximum absolute atomic E-state index is 5.50. The molecule has 8 nitrogen and oxygen atoms in total. The van der Waals surface area contributed by atoms with Crippen LogP contribution in [-0.4, -0.2) is 57.9 Å². The molecule has 1 aromatic carbocycles. The Kier molecular flexibility index (Phi) is 9.65. The first kappa shape index (κ1) is 24.5. The molecule has 0 aliphatic heterocycles. The number of likely N-dealkylation sites (N-methyl/N-ethyl adjacent to an activating group) is 1. The number of rotatable bonds is 11. The van der Waals surface area contributed by atoms with Crippen LogP contribution < -0.4 is 20.1 Å². The molecule has 2 aromatic rings. The summed E-state index contributed by atoms with van der Waals surface area (Å²) in [5.74, 6) is 3.38. The molecule has 0 amide bonds. The quantitative estimate of drug-likeness (QED) is 0.416. The van der Waals surface area contributed by atoms with E-state index >= 15 is 0 Å². The van der Waals surface area contributed by atoms with Gasteiger partial charge in [0.15, 0.2) is 23.2 Å². The van der Waals surface area contributed by atoms with E-state index in [4.69, 9.17) is 14.0 Å². The molecule has 0 aliphatic rings. The lowest BCUT2D eigenvalue weighted by Gasteiger charge is -2.26. The van der Waals surface area contributed by atoms with Crippen molar-refractivity contribution in [2.24, 2.45) is 4.99 Å². The fraction of sp³-hybridized carbons (Fsp3) is 0.565. The third kappa shape index (κ3) is 6.62. The largest absolute Gasteiger partial charge is 0.493 e. The molecule has 8 heteroatoms. The SMILES string of the molecule is CCC(CC)c1cc(CNC(=NC)NCC(c2ccc(OC)c(OC)c2)N(C)C)on1. The van der Waals surface area contributed by atoms with E-state index in [2.05, 4.69) is 45.6 Å². The maximum atomic E-state index is 5.50. The zero-order valence-electron chi connectivity index (χ0n) is 19.9. The summed E-state index contributed by atoms with van der Waals surface area (Å²) < 4.78 is 16.3. The van der Waals surface area contributed by atoms with Crippen molar-refractivity contribution < 1.29 is 14.0 Å². The van der Waals surface area contributed by atoms with Crippen LogP contribution in [0.4, 0.5) is 0 Å². The first-order valence-corrected chi connectivity index (χ1v) is 10.8. The highest BCUT2D eigenvalue weighted by atomic mass is 16.5. The van der Waals surface area contributed by atoms with Gasteiger partial charge in [0.05, 0.1) is 32.5 Å². The zero-order chi connectivity index (χ0) is 22.8. The Morgan fingerprint density at radius 1 is 1.10 bits per heavy atom. The predicted octanol–water partition coefficient (Wildman–Crippen LogP) is 3.56. The highest BCUT2D eigenvalue weighted by Gasteiger charge is 2.18. The van der Waals surface area contributed by atoms with Crippen molar-refractivity contribution in [3.63, 3.8) is 0 Å². The summed E-state index contributed by atoms with van der Waals surface area (Å²) >= 11 is 0. The molecule has 2 N–H and O–H groups in total. The molecule has 0 fully saturated rings. The van der Waals surface area contributed by atoms with Crippen molar-refractivity contribution in [1.82, 2.24) is 20.7 Å². The van der Waals surface area contributed by atoms with E-state index in [1.54, 1.807) is 21.3 Å². The van der Waals surface area contributed by atoms with Gasteiger partial charge < -0.3 is 29.5 Å². The lowest BCUT2D eigenvalue weighted by Crippen LogP contribution is -2.41. The fourth-order valence-electron chi connectivity index (χ4n) is 3.56. The smallest absolute Gasteiger partial charge is 0.191 e. The van der Waals surface area contributed by atoms with Gasteiger partial charge in [0.1, 0.15) is 0 Å². The molecule has 0 saturated heterocycles. The predicted molar refractivity (Wildman–Crippen MR) is 124 cm³/mol. The van der Waals surface area contributed by atoms with E-state index < -0.39 is 0 Å².